The van der Waals surface area contributed by atoms with Crippen LogP contribution >= 0.6 is 0 Å². The van der Waals surface area contributed by atoms with Crippen molar-refractivity contribution in [1.82, 2.24) is 4.90 Å². The summed E-state index contributed by atoms with van der Waals surface area (Å²) < 4.78 is 10.8. The summed E-state index contributed by atoms with van der Waals surface area (Å²) >= 11 is 0. The van der Waals surface area contributed by atoms with Crippen LogP contribution in [0.1, 0.15) is 18.1 Å². The molecule has 0 saturated carbocycles. The number of ether oxygens (including phenoxy) is 2. The minimum Gasteiger partial charge on any atom is -0.496 e. The Hall–Kier alpha value is -4.00. The van der Waals surface area contributed by atoms with E-state index in [1.807, 2.05) is 61.5 Å². The number of rotatable bonds is 10. The number of carbonyl (C=O) groups excluding carboxylic acids is 2. The third-order valence-electron chi connectivity index (χ3n) is 5.16. The van der Waals surface area contributed by atoms with Gasteiger partial charge in [0.15, 0.2) is 6.61 Å². The fourth-order valence-electron chi connectivity index (χ4n) is 3.52. The zero-order valence-corrected chi connectivity index (χ0v) is 18.9. The maximum atomic E-state index is 13.3. The molecule has 0 aliphatic heterocycles. The number of nitrogens with one attached hydrogen (secondary N) is 1. The normalized spacial score (nSPS) is 11.3. The van der Waals surface area contributed by atoms with Gasteiger partial charge in [-0.15, -0.1) is 0 Å². The summed E-state index contributed by atoms with van der Waals surface area (Å²) in [4.78, 5) is 26.1. The van der Waals surface area contributed by atoms with Crippen molar-refractivity contribution in [2.24, 2.45) is 5.73 Å². The molecular formula is C26H29N3O4. The van der Waals surface area contributed by atoms with E-state index in [-0.39, 0.29) is 18.7 Å². The molecule has 172 valence electrons. The number of benzene rings is 3. The lowest BCUT2D eigenvalue weighted by Crippen LogP contribution is -2.42. The number of carbonyl (C=O) groups is 2. The van der Waals surface area contributed by atoms with E-state index in [0.29, 0.717) is 24.4 Å². The molecule has 1 atom stereocenters. The SMILES string of the molecule is COc1ccccc1CC(C)N(Cc1ccccc1)C(=O)Nc1cccc(OCC(N)=O)c1. The van der Waals surface area contributed by atoms with Crippen molar-refractivity contribution >= 4 is 17.6 Å². The number of primary amides is 1. The first-order valence-electron chi connectivity index (χ1n) is 10.7. The minimum atomic E-state index is -0.566. The summed E-state index contributed by atoms with van der Waals surface area (Å²) in [6.45, 7) is 2.23. The first-order valence-corrected chi connectivity index (χ1v) is 10.7. The molecule has 3 amide bonds. The monoisotopic (exact) mass is 447 g/mol. The van der Waals surface area contributed by atoms with Gasteiger partial charge in [-0.2, -0.15) is 0 Å². The second-order valence-corrected chi connectivity index (χ2v) is 7.69. The molecule has 3 aromatic rings. The maximum absolute atomic E-state index is 13.3. The summed E-state index contributed by atoms with van der Waals surface area (Å²) in [5.74, 6) is 0.677. The molecule has 1 unspecified atom stereocenters. The molecule has 0 spiro atoms. The van der Waals surface area contributed by atoms with Crippen LogP contribution in [0.3, 0.4) is 0 Å². The Morgan fingerprint density at radius 2 is 1.73 bits per heavy atom. The Morgan fingerprint density at radius 3 is 2.45 bits per heavy atom. The largest absolute Gasteiger partial charge is 0.496 e. The Morgan fingerprint density at radius 1 is 1.00 bits per heavy atom. The molecule has 7 nitrogen and oxygen atoms in total. The first kappa shape index (κ1) is 23.7. The Labute approximate surface area is 194 Å². The van der Waals surface area contributed by atoms with Crippen molar-refractivity contribution in [3.05, 3.63) is 90.0 Å². The highest BCUT2D eigenvalue weighted by Gasteiger charge is 2.22. The number of hydrogen-bond donors (Lipinski definition) is 2. The fourth-order valence-corrected chi connectivity index (χ4v) is 3.52. The van der Waals surface area contributed by atoms with Gasteiger partial charge in [-0.1, -0.05) is 54.6 Å². The van der Waals surface area contributed by atoms with Crippen LogP contribution in [-0.4, -0.2) is 36.6 Å². The lowest BCUT2D eigenvalue weighted by Gasteiger charge is -2.30. The zero-order valence-electron chi connectivity index (χ0n) is 18.9. The predicted octanol–water partition coefficient (Wildman–Crippen LogP) is 4.22. The first-order chi connectivity index (χ1) is 16.0. The number of amides is 3. The van der Waals surface area contributed by atoms with Gasteiger partial charge in [-0.25, -0.2) is 4.79 Å². The van der Waals surface area contributed by atoms with E-state index in [1.165, 1.54) is 0 Å². The minimum absolute atomic E-state index is 0.115. The zero-order chi connectivity index (χ0) is 23.6. The summed E-state index contributed by atoms with van der Waals surface area (Å²) in [6.07, 6.45) is 0.631. The van der Waals surface area contributed by atoms with Gasteiger partial charge in [0.2, 0.25) is 0 Å². The highest BCUT2D eigenvalue weighted by molar-refractivity contribution is 5.89. The van der Waals surface area contributed by atoms with Crippen LogP contribution in [-0.2, 0) is 17.8 Å². The highest BCUT2D eigenvalue weighted by atomic mass is 16.5. The van der Waals surface area contributed by atoms with Crippen LogP contribution in [0.15, 0.2) is 78.9 Å². The molecule has 0 heterocycles. The number of urea groups is 1. The van der Waals surface area contributed by atoms with Crippen LogP contribution < -0.4 is 20.5 Å². The van der Waals surface area contributed by atoms with E-state index in [2.05, 4.69) is 5.32 Å². The number of para-hydroxylation sites is 1. The fraction of sp³-hybridized carbons (Fsp3) is 0.231. The number of anilines is 1. The van der Waals surface area contributed by atoms with Gasteiger partial charge < -0.3 is 25.4 Å². The Balaban J connectivity index is 1.79. The van der Waals surface area contributed by atoms with Crippen molar-refractivity contribution in [1.29, 1.82) is 0 Å². The molecule has 0 saturated heterocycles. The van der Waals surface area contributed by atoms with E-state index in [1.54, 1.807) is 36.3 Å². The number of nitrogens with zero attached hydrogens (tertiary/aromatic N) is 1. The van der Waals surface area contributed by atoms with Crippen LogP contribution in [0.5, 0.6) is 11.5 Å². The van der Waals surface area contributed by atoms with Gasteiger partial charge >= 0.3 is 6.03 Å². The second-order valence-electron chi connectivity index (χ2n) is 7.69. The van der Waals surface area contributed by atoms with E-state index in [4.69, 9.17) is 15.2 Å². The van der Waals surface area contributed by atoms with E-state index >= 15 is 0 Å². The van der Waals surface area contributed by atoms with Crippen LogP contribution in [0, 0.1) is 0 Å². The molecule has 0 aliphatic rings. The third-order valence-corrected chi connectivity index (χ3v) is 5.16. The van der Waals surface area contributed by atoms with E-state index < -0.39 is 5.91 Å². The molecule has 7 heteroatoms. The smallest absolute Gasteiger partial charge is 0.322 e. The van der Waals surface area contributed by atoms with Crippen LogP contribution in [0.25, 0.3) is 0 Å². The standard InChI is InChI=1S/C26H29N3O4/c1-19(15-21-11-6-7-14-24(21)32-2)29(17-20-9-4-3-5-10-20)26(31)28-22-12-8-13-23(16-22)33-18-25(27)30/h3-14,16,19H,15,17-18H2,1-2H3,(H2,27,30)(H,28,31). The van der Waals surface area contributed by atoms with Crippen molar-refractivity contribution in [3.8, 4) is 11.5 Å². The average molecular weight is 448 g/mol. The van der Waals surface area contributed by atoms with Crippen molar-refractivity contribution in [2.45, 2.75) is 25.9 Å². The Bertz CT molecular complexity index is 1070. The van der Waals surface area contributed by atoms with Gasteiger partial charge in [0.1, 0.15) is 11.5 Å². The molecule has 33 heavy (non-hydrogen) atoms. The van der Waals surface area contributed by atoms with Crippen LogP contribution in [0.4, 0.5) is 10.5 Å². The second kappa shape index (κ2) is 11.6. The summed E-state index contributed by atoms with van der Waals surface area (Å²) in [6, 6.07) is 24.2. The molecule has 3 rings (SSSR count). The maximum Gasteiger partial charge on any atom is 0.322 e. The summed E-state index contributed by atoms with van der Waals surface area (Å²) in [5.41, 5.74) is 7.75. The van der Waals surface area contributed by atoms with Gasteiger partial charge in [0, 0.05) is 24.3 Å². The molecule has 0 radical (unpaired) electrons. The van der Waals surface area contributed by atoms with E-state index in [0.717, 1.165) is 16.9 Å². The summed E-state index contributed by atoms with van der Waals surface area (Å²) in [7, 11) is 1.64. The van der Waals surface area contributed by atoms with Crippen molar-refractivity contribution < 1.29 is 19.1 Å². The van der Waals surface area contributed by atoms with Gasteiger partial charge in [-0.05, 0) is 42.7 Å². The molecule has 3 aromatic carbocycles. The van der Waals surface area contributed by atoms with Gasteiger partial charge in [-0.3, -0.25) is 4.79 Å². The molecule has 0 aromatic heterocycles. The molecule has 0 bridgehead atoms. The molecule has 3 N–H and O–H groups in total. The number of hydrogen-bond acceptors (Lipinski definition) is 4. The Kier molecular flexibility index (Phi) is 8.30. The predicted molar refractivity (Wildman–Crippen MR) is 128 cm³/mol. The number of methoxy groups -OCH3 is 1. The molecule has 0 aliphatic carbocycles. The summed E-state index contributed by atoms with van der Waals surface area (Å²) in [5, 5.41) is 2.95. The van der Waals surface area contributed by atoms with Crippen LogP contribution in [0.2, 0.25) is 0 Å². The van der Waals surface area contributed by atoms with Gasteiger partial charge in [0.25, 0.3) is 5.91 Å². The lowest BCUT2D eigenvalue weighted by atomic mass is 10.0. The molecular weight excluding hydrogens is 418 g/mol. The topological polar surface area (TPSA) is 93.9 Å². The number of nitrogens with two attached hydrogens (primary N) is 1. The third kappa shape index (κ3) is 7.00. The molecule has 0 fully saturated rings. The van der Waals surface area contributed by atoms with Crippen molar-refractivity contribution in [2.75, 3.05) is 19.0 Å². The highest BCUT2D eigenvalue weighted by Crippen LogP contribution is 2.23. The quantitative estimate of drug-likeness (QED) is 0.486. The van der Waals surface area contributed by atoms with E-state index in [9.17, 15) is 9.59 Å². The lowest BCUT2D eigenvalue weighted by molar-refractivity contribution is -0.119. The van der Waals surface area contributed by atoms with Gasteiger partial charge in [0.05, 0.1) is 7.11 Å². The average Bonchev–Trinajstić information content (AvgIpc) is 2.82. The van der Waals surface area contributed by atoms with Crippen molar-refractivity contribution in [3.63, 3.8) is 0 Å².